The second kappa shape index (κ2) is 6.66. The Hall–Kier alpha value is -2.36. The van der Waals surface area contributed by atoms with Crippen LogP contribution in [0.4, 0.5) is 9.59 Å². The van der Waals surface area contributed by atoms with Crippen LogP contribution in [-0.4, -0.2) is 77.1 Å². The minimum atomic E-state index is -3.66. The Morgan fingerprint density at radius 2 is 1.93 bits per heavy atom. The summed E-state index contributed by atoms with van der Waals surface area (Å²) in [5.74, 6) is 0.709. The number of carbonyl (C=O) groups excluding carboxylic acids is 2. The van der Waals surface area contributed by atoms with Crippen LogP contribution in [0.2, 0.25) is 0 Å². The van der Waals surface area contributed by atoms with Crippen molar-refractivity contribution < 1.29 is 22.7 Å². The van der Waals surface area contributed by atoms with Crippen molar-refractivity contribution >= 4 is 22.1 Å². The monoisotopic (exact) mass is 394 g/mol. The van der Waals surface area contributed by atoms with Crippen molar-refractivity contribution in [2.45, 2.75) is 43.9 Å². The summed E-state index contributed by atoms with van der Waals surface area (Å²) >= 11 is 0. The topological polar surface area (TPSA) is 100 Å². The minimum absolute atomic E-state index is 0.00185. The number of hydrogen-bond acceptors (Lipinski definition) is 6. The van der Waals surface area contributed by atoms with Crippen molar-refractivity contribution in [3.05, 3.63) is 24.5 Å². The highest BCUT2D eigenvalue weighted by molar-refractivity contribution is 7.88. The predicted molar refractivity (Wildman–Crippen MR) is 95.6 cm³/mol. The highest BCUT2D eigenvalue weighted by Gasteiger charge is 2.48. The number of ether oxygens (including phenoxy) is 1. The molecular weight excluding hydrogens is 372 g/mol. The molecule has 3 saturated heterocycles. The maximum Gasteiger partial charge on any atom is 0.341 e. The number of sulfonamides is 1. The molecule has 2 unspecified atom stereocenters. The standard InChI is InChI=1S/C17H22N4O5S/c1-27(24,25)20-8-7-19(16(20)22)17(23)21-12-4-5-13(21)10-15(9-12)26-14-3-2-6-18-11-14/h2-3,6,11-13,15H,4-5,7-10H2,1H3. The second-order valence-electron chi connectivity index (χ2n) is 7.24. The Balaban J connectivity index is 1.44. The molecule has 4 heterocycles. The number of fused-ring (bicyclic) bond motifs is 2. The first-order chi connectivity index (χ1) is 12.8. The van der Waals surface area contributed by atoms with Crippen LogP contribution < -0.4 is 4.74 Å². The van der Waals surface area contributed by atoms with Crippen molar-refractivity contribution in [3.63, 3.8) is 0 Å². The fraction of sp³-hybridized carbons (Fsp3) is 0.588. The molecular formula is C17H22N4O5S. The molecule has 3 aliphatic heterocycles. The van der Waals surface area contributed by atoms with Crippen LogP contribution in [0.25, 0.3) is 0 Å². The van der Waals surface area contributed by atoms with Crippen LogP contribution in [0.1, 0.15) is 25.7 Å². The zero-order chi connectivity index (χ0) is 19.2. The molecule has 3 aliphatic rings. The van der Waals surface area contributed by atoms with Crippen molar-refractivity contribution in [1.29, 1.82) is 0 Å². The van der Waals surface area contributed by atoms with Gasteiger partial charge in [-0.15, -0.1) is 0 Å². The summed E-state index contributed by atoms with van der Waals surface area (Å²) in [7, 11) is -3.66. The molecule has 146 valence electrons. The van der Waals surface area contributed by atoms with E-state index in [2.05, 4.69) is 4.98 Å². The first-order valence-corrected chi connectivity index (χ1v) is 10.9. The summed E-state index contributed by atoms with van der Waals surface area (Å²) in [6.45, 7) is 0.107. The molecule has 27 heavy (non-hydrogen) atoms. The lowest BCUT2D eigenvalue weighted by atomic mass is 10.00. The van der Waals surface area contributed by atoms with E-state index in [-0.39, 0.29) is 31.3 Å². The van der Waals surface area contributed by atoms with E-state index in [4.69, 9.17) is 4.74 Å². The quantitative estimate of drug-likeness (QED) is 0.765. The fourth-order valence-electron chi connectivity index (χ4n) is 4.29. The Kier molecular flexibility index (Phi) is 4.45. The zero-order valence-electron chi connectivity index (χ0n) is 15.0. The maximum atomic E-state index is 13.0. The van der Waals surface area contributed by atoms with Crippen LogP contribution in [0.15, 0.2) is 24.5 Å². The second-order valence-corrected chi connectivity index (χ2v) is 9.15. The van der Waals surface area contributed by atoms with Gasteiger partial charge in [-0.25, -0.2) is 27.2 Å². The lowest BCUT2D eigenvalue weighted by molar-refractivity contribution is 0.0601. The van der Waals surface area contributed by atoms with Crippen molar-refractivity contribution in [2.75, 3.05) is 19.3 Å². The van der Waals surface area contributed by atoms with Gasteiger partial charge in [-0.2, -0.15) is 0 Å². The molecule has 0 saturated carbocycles. The molecule has 0 aromatic carbocycles. The number of carbonyl (C=O) groups is 2. The number of urea groups is 2. The van der Waals surface area contributed by atoms with Gasteiger partial charge in [0.2, 0.25) is 10.0 Å². The van der Waals surface area contributed by atoms with Gasteiger partial charge in [-0.3, -0.25) is 4.98 Å². The molecule has 0 radical (unpaired) electrons. The van der Waals surface area contributed by atoms with E-state index in [1.54, 1.807) is 17.3 Å². The molecule has 4 amide bonds. The van der Waals surface area contributed by atoms with Gasteiger partial charge in [0.25, 0.3) is 0 Å². The first kappa shape index (κ1) is 18.0. The van der Waals surface area contributed by atoms with Crippen LogP contribution in [0.3, 0.4) is 0 Å². The summed E-state index contributed by atoms with van der Waals surface area (Å²) in [6, 6.07) is 2.52. The third kappa shape index (κ3) is 3.33. The number of pyridine rings is 1. The van der Waals surface area contributed by atoms with E-state index in [9.17, 15) is 18.0 Å². The fourth-order valence-corrected chi connectivity index (χ4v) is 5.08. The van der Waals surface area contributed by atoms with Crippen LogP contribution >= 0.6 is 0 Å². The molecule has 1 aromatic rings. The van der Waals surface area contributed by atoms with Gasteiger partial charge in [0.1, 0.15) is 11.9 Å². The third-order valence-corrected chi connectivity index (χ3v) is 6.59. The van der Waals surface area contributed by atoms with Crippen molar-refractivity contribution in [2.24, 2.45) is 0 Å². The third-order valence-electron chi connectivity index (χ3n) is 5.45. The van der Waals surface area contributed by atoms with Gasteiger partial charge in [0, 0.05) is 31.1 Å². The van der Waals surface area contributed by atoms with E-state index in [1.165, 1.54) is 0 Å². The molecule has 2 bridgehead atoms. The SMILES string of the molecule is CS(=O)(=O)N1CCN(C(=O)N2C3CCC2CC(Oc2cccnc2)C3)C1=O. The van der Waals surface area contributed by atoms with E-state index >= 15 is 0 Å². The Morgan fingerprint density at radius 3 is 2.48 bits per heavy atom. The summed E-state index contributed by atoms with van der Waals surface area (Å²) in [5.41, 5.74) is 0. The number of hydrogen-bond donors (Lipinski definition) is 0. The number of amides is 4. The summed E-state index contributed by atoms with van der Waals surface area (Å²) < 4.78 is 30.1. The Morgan fingerprint density at radius 1 is 1.22 bits per heavy atom. The first-order valence-electron chi connectivity index (χ1n) is 9.03. The molecule has 2 atom stereocenters. The van der Waals surface area contributed by atoms with E-state index in [0.29, 0.717) is 18.6 Å². The average molecular weight is 394 g/mol. The minimum Gasteiger partial charge on any atom is -0.489 e. The van der Waals surface area contributed by atoms with Crippen molar-refractivity contribution in [1.82, 2.24) is 19.1 Å². The predicted octanol–water partition coefficient (Wildman–Crippen LogP) is 1.27. The van der Waals surface area contributed by atoms with E-state index in [1.807, 2.05) is 12.1 Å². The molecule has 0 N–H and O–H groups in total. The lowest BCUT2D eigenvalue weighted by Crippen LogP contribution is -2.54. The van der Waals surface area contributed by atoms with Gasteiger partial charge in [-0.1, -0.05) is 0 Å². The van der Waals surface area contributed by atoms with Gasteiger partial charge < -0.3 is 9.64 Å². The average Bonchev–Trinajstić information content (AvgIpc) is 3.13. The number of piperidine rings is 1. The number of nitrogens with zero attached hydrogens (tertiary/aromatic N) is 4. The van der Waals surface area contributed by atoms with Gasteiger partial charge in [0.15, 0.2) is 0 Å². The Labute approximate surface area is 157 Å². The number of imide groups is 1. The van der Waals surface area contributed by atoms with Gasteiger partial charge in [0.05, 0.1) is 25.5 Å². The van der Waals surface area contributed by atoms with E-state index in [0.717, 1.165) is 28.3 Å². The molecule has 0 spiro atoms. The molecule has 10 heteroatoms. The van der Waals surface area contributed by atoms with Crippen molar-refractivity contribution in [3.8, 4) is 5.75 Å². The summed E-state index contributed by atoms with van der Waals surface area (Å²) in [6.07, 6.45) is 7.43. The van der Waals surface area contributed by atoms with E-state index < -0.39 is 22.1 Å². The van der Waals surface area contributed by atoms with Crippen LogP contribution in [-0.2, 0) is 10.0 Å². The largest absolute Gasteiger partial charge is 0.489 e. The maximum absolute atomic E-state index is 13.0. The highest BCUT2D eigenvalue weighted by atomic mass is 32.2. The smallest absolute Gasteiger partial charge is 0.341 e. The molecule has 4 rings (SSSR count). The lowest BCUT2D eigenvalue weighted by Gasteiger charge is -2.40. The number of aromatic nitrogens is 1. The number of rotatable bonds is 3. The Bertz CT molecular complexity index is 832. The molecule has 0 aliphatic carbocycles. The van der Waals surface area contributed by atoms with Gasteiger partial charge >= 0.3 is 12.1 Å². The van der Waals surface area contributed by atoms with Crippen LogP contribution in [0.5, 0.6) is 5.75 Å². The molecule has 1 aromatic heterocycles. The van der Waals surface area contributed by atoms with Crippen LogP contribution in [0, 0.1) is 0 Å². The normalized spacial score (nSPS) is 28.0. The summed E-state index contributed by atoms with van der Waals surface area (Å²) in [4.78, 5) is 32.2. The highest BCUT2D eigenvalue weighted by Crippen LogP contribution is 2.38. The summed E-state index contributed by atoms with van der Waals surface area (Å²) in [5, 5.41) is 0. The molecule has 3 fully saturated rings. The zero-order valence-corrected chi connectivity index (χ0v) is 15.8. The van der Waals surface area contributed by atoms with Gasteiger partial charge in [-0.05, 0) is 25.0 Å². The molecule has 9 nitrogen and oxygen atoms in total.